The minimum absolute atomic E-state index is 0.0602. The third-order valence-electron chi connectivity index (χ3n) is 3.17. The van der Waals surface area contributed by atoms with E-state index in [4.69, 9.17) is 17.3 Å². The van der Waals surface area contributed by atoms with Crippen LogP contribution in [0.25, 0.3) is 0 Å². The van der Waals surface area contributed by atoms with Gasteiger partial charge in [0.05, 0.1) is 16.5 Å². The number of carbonyl (C=O) groups excluding carboxylic acids is 1. The highest BCUT2D eigenvalue weighted by Crippen LogP contribution is 2.26. The topological polar surface area (TPSA) is 55.1 Å². The Kier molecular flexibility index (Phi) is 7.97. The van der Waals surface area contributed by atoms with Crippen LogP contribution in [0.1, 0.15) is 40.0 Å². The van der Waals surface area contributed by atoms with E-state index in [1.54, 1.807) is 12.1 Å². The van der Waals surface area contributed by atoms with Crippen LogP contribution in [-0.4, -0.2) is 17.7 Å². The van der Waals surface area contributed by atoms with Crippen molar-refractivity contribution in [2.45, 2.75) is 51.0 Å². The lowest BCUT2D eigenvalue weighted by Crippen LogP contribution is -2.33. The van der Waals surface area contributed by atoms with Gasteiger partial charge in [0, 0.05) is 10.9 Å². The maximum absolute atomic E-state index is 11.9. The first-order chi connectivity index (χ1) is 9.88. The molecule has 0 radical (unpaired) electrons. The average molecular weight is 329 g/mol. The smallest absolute Gasteiger partial charge is 0.230 e. The molecule has 3 N–H and O–H groups in total. The van der Waals surface area contributed by atoms with Gasteiger partial charge >= 0.3 is 0 Å². The van der Waals surface area contributed by atoms with Crippen molar-refractivity contribution in [1.29, 1.82) is 0 Å². The number of halogens is 1. The van der Waals surface area contributed by atoms with Crippen molar-refractivity contribution in [2.24, 2.45) is 5.92 Å². The number of nitrogens with one attached hydrogen (secondary N) is 1. The standard InChI is InChI=1S/C16H25ClN2OS/c1-11(2)5-4-6-12(3)19-16(20)10-21-13-7-8-15(18)14(17)9-13/h7-9,11-12H,4-6,10,18H2,1-3H3,(H,19,20). The van der Waals surface area contributed by atoms with Gasteiger partial charge in [-0.05, 0) is 37.5 Å². The number of hydrogen-bond acceptors (Lipinski definition) is 3. The average Bonchev–Trinajstić information content (AvgIpc) is 2.39. The highest BCUT2D eigenvalue weighted by Gasteiger charge is 2.09. The fourth-order valence-electron chi connectivity index (χ4n) is 1.97. The maximum Gasteiger partial charge on any atom is 0.230 e. The second-order valence-corrected chi connectivity index (χ2v) is 7.22. The number of benzene rings is 1. The number of nitrogens with two attached hydrogens (primary N) is 1. The van der Waals surface area contributed by atoms with Crippen molar-refractivity contribution in [3.8, 4) is 0 Å². The molecule has 0 saturated heterocycles. The predicted molar refractivity (Wildman–Crippen MR) is 92.9 cm³/mol. The van der Waals surface area contributed by atoms with Crippen LogP contribution in [0.2, 0.25) is 5.02 Å². The SMILES string of the molecule is CC(C)CCCC(C)NC(=O)CSc1ccc(N)c(Cl)c1. The third kappa shape index (κ3) is 7.63. The molecular formula is C16H25ClN2OS. The van der Waals surface area contributed by atoms with Gasteiger partial charge in [-0.2, -0.15) is 0 Å². The van der Waals surface area contributed by atoms with Gasteiger partial charge < -0.3 is 11.1 Å². The molecule has 0 aliphatic heterocycles. The Morgan fingerprint density at radius 3 is 2.67 bits per heavy atom. The molecule has 0 aliphatic carbocycles. The van der Waals surface area contributed by atoms with Crippen LogP contribution in [0.4, 0.5) is 5.69 Å². The molecule has 1 atom stereocenters. The summed E-state index contributed by atoms with van der Waals surface area (Å²) in [5, 5.41) is 3.56. The molecule has 0 heterocycles. The second kappa shape index (κ2) is 9.21. The molecule has 3 nitrogen and oxygen atoms in total. The van der Waals surface area contributed by atoms with E-state index in [0.29, 0.717) is 16.5 Å². The predicted octanol–water partition coefficient (Wildman–Crippen LogP) is 4.35. The molecule has 1 unspecified atom stereocenters. The Hall–Kier alpha value is -0.870. The minimum atomic E-state index is 0.0602. The number of hydrogen-bond donors (Lipinski definition) is 2. The van der Waals surface area contributed by atoms with E-state index >= 15 is 0 Å². The fraction of sp³-hybridized carbons (Fsp3) is 0.562. The lowest BCUT2D eigenvalue weighted by Gasteiger charge is -2.14. The quantitative estimate of drug-likeness (QED) is 0.551. The summed E-state index contributed by atoms with van der Waals surface area (Å²) in [6, 6.07) is 5.66. The highest BCUT2D eigenvalue weighted by atomic mass is 35.5. The summed E-state index contributed by atoms with van der Waals surface area (Å²) in [5.41, 5.74) is 6.22. The molecule has 1 rings (SSSR count). The van der Waals surface area contributed by atoms with Crippen LogP contribution in [0.3, 0.4) is 0 Å². The number of carbonyl (C=O) groups is 1. The molecule has 0 bridgehead atoms. The summed E-state index contributed by atoms with van der Waals surface area (Å²) in [5.74, 6) is 1.18. The van der Waals surface area contributed by atoms with E-state index in [-0.39, 0.29) is 11.9 Å². The van der Waals surface area contributed by atoms with Crippen molar-refractivity contribution in [3.63, 3.8) is 0 Å². The normalized spacial score (nSPS) is 12.4. The van der Waals surface area contributed by atoms with Gasteiger partial charge in [0.1, 0.15) is 0 Å². The Bertz CT molecular complexity index is 466. The number of amides is 1. The van der Waals surface area contributed by atoms with Crippen molar-refractivity contribution < 1.29 is 4.79 Å². The van der Waals surface area contributed by atoms with Gasteiger partial charge in [-0.1, -0.05) is 38.3 Å². The second-order valence-electron chi connectivity index (χ2n) is 5.77. The molecule has 0 saturated carbocycles. The molecule has 0 aliphatic rings. The largest absolute Gasteiger partial charge is 0.398 e. The molecule has 1 amide bonds. The lowest BCUT2D eigenvalue weighted by molar-refractivity contribution is -0.119. The van der Waals surface area contributed by atoms with Crippen LogP contribution in [-0.2, 0) is 4.79 Å². The molecular weight excluding hydrogens is 304 g/mol. The molecule has 0 spiro atoms. The van der Waals surface area contributed by atoms with Gasteiger partial charge in [0.2, 0.25) is 5.91 Å². The van der Waals surface area contributed by atoms with Gasteiger partial charge in [-0.15, -0.1) is 11.8 Å². The van der Waals surface area contributed by atoms with Crippen molar-refractivity contribution in [3.05, 3.63) is 23.2 Å². The Balaban J connectivity index is 2.28. The number of anilines is 1. The third-order valence-corrected chi connectivity index (χ3v) is 4.49. The fourth-order valence-corrected chi connectivity index (χ4v) is 2.96. The van der Waals surface area contributed by atoms with E-state index in [0.717, 1.165) is 23.7 Å². The summed E-state index contributed by atoms with van der Waals surface area (Å²) in [6.45, 7) is 6.50. The zero-order valence-electron chi connectivity index (χ0n) is 13.0. The van der Waals surface area contributed by atoms with Crippen LogP contribution in [0, 0.1) is 5.92 Å². The Morgan fingerprint density at radius 2 is 2.05 bits per heavy atom. The Labute approximate surface area is 137 Å². The van der Waals surface area contributed by atoms with Crippen LogP contribution >= 0.6 is 23.4 Å². The first-order valence-electron chi connectivity index (χ1n) is 7.35. The molecule has 5 heteroatoms. The van der Waals surface area contributed by atoms with E-state index in [9.17, 15) is 4.79 Å². The molecule has 0 aromatic heterocycles. The van der Waals surface area contributed by atoms with E-state index in [1.165, 1.54) is 18.2 Å². The first kappa shape index (κ1) is 18.2. The summed E-state index contributed by atoms with van der Waals surface area (Å²) in [4.78, 5) is 12.8. The van der Waals surface area contributed by atoms with Gasteiger partial charge in [-0.3, -0.25) is 4.79 Å². The van der Waals surface area contributed by atoms with Gasteiger partial charge in [-0.25, -0.2) is 0 Å². The monoisotopic (exact) mass is 328 g/mol. The van der Waals surface area contributed by atoms with Gasteiger partial charge in [0.15, 0.2) is 0 Å². The van der Waals surface area contributed by atoms with E-state index in [2.05, 4.69) is 26.1 Å². The number of nitrogen functional groups attached to an aromatic ring is 1. The molecule has 0 fully saturated rings. The zero-order chi connectivity index (χ0) is 15.8. The van der Waals surface area contributed by atoms with Crippen molar-refractivity contribution >= 4 is 35.0 Å². The van der Waals surface area contributed by atoms with Crippen LogP contribution in [0.15, 0.2) is 23.1 Å². The Morgan fingerprint density at radius 1 is 1.33 bits per heavy atom. The summed E-state index contributed by atoms with van der Waals surface area (Å²) >= 11 is 7.43. The van der Waals surface area contributed by atoms with Crippen molar-refractivity contribution in [1.82, 2.24) is 5.32 Å². The lowest BCUT2D eigenvalue weighted by atomic mass is 10.0. The molecule has 1 aromatic rings. The van der Waals surface area contributed by atoms with Gasteiger partial charge in [0.25, 0.3) is 0 Å². The zero-order valence-corrected chi connectivity index (χ0v) is 14.6. The number of rotatable bonds is 8. The summed E-state index contributed by atoms with van der Waals surface area (Å²) in [7, 11) is 0. The van der Waals surface area contributed by atoms with Crippen LogP contribution < -0.4 is 11.1 Å². The first-order valence-corrected chi connectivity index (χ1v) is 8.72. The highest BCUT2D eigenvalue weighted by molar-refractivity contribution is 8.00. The van der Waals surface area contributed by atoms with Crippen molar-refractivity contribution in [2.75, 3.05) is 11.5 Å². The summed E-state index contributed by atoms with van der Waals surface area (Å²) in [6.07, 6.45) is 3.39. The maximum atomic E-state index is 11.9. The van der Waals surface area contributed by atoms with Crippen LogP contribution in [0.5, 0.6) is 0 Å². The van der Waals surface area contributed by atoms with E-state index < -0.39 is 0 Å². The number of thioether (sulfide) groups is 1. The van der Waals surface area contributed by atoms with E-state index in [1.807, 2.05) is 6.07 Å². The molecule has 118 valence electrons. The molecule has 1 aromatic carbocycles. The minimum Gasteiger partial charge on any atom is -0.398 e. The summed E-state index contributed by atoms with van der Waals surface area (Å²) < 4.78 is 0. The molecule has 21 heavy (non-hydrogen) atoms.